The summed E-state index contributed by atoms with van der Waals surface area (Å²) < 4.78 is 0. The van der Waals surface area contributed by atoms with Crippen LogP contribution in [0.15, 0.2) is 12.3 Å². The van der Waals surface area contributed by atoms with Crippen molar-refractivity contribution in [2.24, 2.45) is 5.73 Å². The van der Waals surface area contributed by atoms with Crippen molar-refractivity contribution in [3.05, 3.63) is 29.1 Å². The highest BCUT2D eigenvalue weighted by Gasteiger charge is 2.00. The van der Waals surface area contributed by atoms with E-state index in [2.05, 4.69) is 4.98 Å². The lowest BCUT2D eigenvalue weighted by Gasteiger charge is -2.02. The summed E-state index contributed by atoms with van der Waals surface area (Å²) in [6.45, 7) is 3.77. The van der Waals surface area contributed by atoms with E-state index in [4.69, 9.17) is 11.1 Å². The van der Waals surface area contributed by atoms with Crippen molar-refractivity contribution in [2.75, 3.05) is 0 Å². The summed E-state index contributed by atoms with van der Waals surface area (Å²) in [6.07, 6.45) is 1.73. The first kappa shape index (κ1) is 7.72. The van der Waals surface area contributed by atoms with E-state index in [1.165, 1.54) is 0 Å². The van der Waals surface area contributed by atoms with Crippen molar-refractivity contribution in [2.45, 2.75) is 13.8 Å². The number of amidine groups is 1. The van der Waals surface area contributed by atoms with E-state index in [1.807, 2.05) is 19.9 Å². The van der Waals surface area contributed by atoms with Gasteiger partial charge in [-0.15, -0.1) is 0 Å². The lowest BCUT2D eigenvalue weighted by atomic mass is 10.1. The molecule has 0 saturated heterocycles. The van der Waals surface area contributed by atoms with Crippen LogP contribution in [0.4, 0.5) is 0 Å². The van der Waals surface area contributed by atoms with E-state index < -0.39 is 0 Å². The zero-order valence-corrected chi connectivity index (χ0v) is 6.68. The van der Waals surface area contributed by atoms with E-state index in [0.717, 1.165) is 16.8 Å². The fourth-order valence-electron chi connectivity index (χ4n) is 0.918. The molecular formula is C8H11N3. The molecule has 0 aliphatic rings. The van der Waals surface area contributed by atoms with Crippen molar-refractivity contribution in [3.8, 4) is 0 Å². The zero-order valence-electron chi connectivity index (χ0n) is 6.68. The number of aromatic nitrogens is 1. The lowest BCUT2D eigenvalue weighted by Crippen LogP contribution is -2.13. The first-order valence-electron chi connectivity index (χ1n) is 3.39. The maximum atomic E-state index is 7.22. The van der Waals surface area contributed by atoms with Gasteiger partial charge in [-0.3, -0.25) is 10.4 Å². The Bertz CT molecular complexity index is 291. The van der Waals surface area contributed by atoms with E-state index in [1.54, 1.807) is 6.20 Å². The van der Waals surface area contributed by atoms with Crippen molar-refractivity contribution in [3.63, 3.8) is 0 Å². The van der Waals surface area contributed by atoms with Gasteiger partial charge in [0.2, 0.25) is 0 Å². The number of rotatable bonds is 1. The minimum absolute atomic E-state index is 0.105. The Morgan fingerprint density at radius 2 is 2.18 bits per heavy atom. The molecule has 0 aliphatic carbocycles. The highest BCUT2D eigenvalue weighted by atomic mass is 14.7. The van der Waals surface area contributed by atoms with Gasteiger partial charge in [0.05, 0.1) is 0 Å². The standard InChI is InChI=1S/C8H11N3/c1-5-4-11-6(2)3-7(5)8(9)10/h3-4H,1-2H3,(H3,9,10). The second-order valence-electron chi connectivity index (χ2n) is 2.55. The van der Waals surface area contributed by atoms with Crippen LogP contribution in [0, 0.1) is 19.3 Å². The number of hydrogen-bond acceptors (Lipinski definition) is 2. The summed E-state index contributed by atoms with van der Waals surface area (Å²) in [5.74, 6) is 0.105. The van der Waals surface area contributed by atoms with Gasteiger partial charge in [0.1, 0.15) is 5.84 Å². The van der Waals surface area contributed by atoms with Crippen LogP contribution in [-0.2, 0) is 0 Å². The minimum atomic E-state index is 0.105. The van der Waals surface area contributed by atoms with Gasteiger partial charge in [-0.05, 0) is 25.5 Å². The summed E-state index contributed by atoms with van der Waals surface area (Å²) >= 11 is 0. The fourth-order valence-corrected chi connectivity index (χ4v) is 0.918. The van der Waals surface area contributed by atoms with Gasteiger partial charge in [0.15, 0.2) is 0 Å². The first-order chi connectivity index (χ1) is 5.11. The Balaban J connectivity index is 3.23. The highest BCUT2D eigenvalue weighted by molar-refractivity contribution is 5.96. The second-order valence-corrected chi connectivity index (χ2v) is 2.55. The molecule has 0 radical (unpaired) electrons. The van der Waals surface area contributed by atoms with Gasteiger partial charge < -0.3 is 5.73 Å². The molecule has 1 heterocycles. The van der Waals surface area contributed by atoms with Crippen molar-refractivity contribution < 1.29 is 0 Å². The average Bonchev–Trinajstić information content (AvgIpc) is 1.94. The molecule has 0 amide bonds. The molecule has 0 saturated carbocycles. The van der Waals surface area contributed by atoms with Gasteiger partial charge >= 0.3 is 0 Å². The number of pyridine rings is 1. The van der Waals surface area contributed by atoms with E-state index in [0.29, 0.717) is 0 Å². The molecule has 3 nitrogen and oxygen atoms in total. The molecule has 1 rings (SSSR count). The highest BCUT2D eigenvalue weighted by Crippen LogP contribution is 2.06. The topological polar surface area (TPSA) is 62.8 Å². The summed E-state index contributed by atoms with van der Waals surface area (Å²) in [4.78, 5) is 4.07. The molecule has 0 unspecified atom stereocenters. The van der Waals surface area contributed by atoms with Crippen LogP contribution in [0.5, 0.6) is 0 Å². The Hall–Kier alpha value is -1.38. The lowest BCUT2D eigenvalue weighted by molar-refractivity contribution is 1.16. The molecular weight excluding hydrogens is 138 g/mol. The molecule has 3 N–H and O–H groups in total. The predicted molar refractivity (Wildman–Crippen MR) is 44.7 cm³/mol. The molecule has 1 aromatic rings. The van der Waals surface area contributed by atoms with Gasteiger partial charge in [0, 0.05) is 17.5 Å². The number of nitrogen functional groups attached to an aromatic ring is 1. The molecule has 0 bridgehead atoms. The summed E-state index contributed by atoms with van der Waals surface area (Å²) in [7, 11) is 0. The molecule has 0 atom stereocenters. The smallest absolute Gasteiger partial charge is 0.123 e. The molecule has 11 heavy (non-hydrogen) atoms. The number of nitrogens with zero attached hydrogens (tertiary/aromatic N) is 1. The predicted octanol–water partition coefficient (Wildman–Crippen LogP) is 0.983. The molecule has 0 spiro atoms. The van der Waals surface area contributed by atoms with Crippen LogP contribution in [0.2, 0.25) is 0 Å². The maximum Gasteiger partial charge on any atom is 0.123 e. The molecule has 0 aliphatic heterocycles. The first-order valence-corrected chi connectivity index (χ1v) is 3.39. The normalized spacial score (nSPS) is 9.64. The third kappa shape index (κ3) is 1.55. The minimum Gasteiger partial charge on any atom is -0.384 e. The molecule has 0 aromatic carbocycles. The molecule has 58 valence electrons. The summed E-state index contributed by atoms with van der Waals surface area (Å²) in [5, 5.41) is 7.22. The Kier molecular flexibility index (Phi) is 1.89. The Labute approximate surface area is 65.8 Å². The van der Waals surface area contributed by atoms with Crippen molar-refractivity contribution >= 4 is 5.84 Å². The fraction of sp³-hybridized carbons (Fsp3) is 0.250. The monoisotopic (exact) mass is 149 g/mol. The number of hydrogen-bond donors (Lipinski definition) is 2. The quantitative estimate of drug-likeness (QED) is 0.462. The van der Waals surface area contributed by atoms with Crippen molar-refractivity contribution in [1.82, 2.24) is 4.98 Å². The van der Waals surface area contributed by atoms with Crippen LogP contribution in [0.25, 0.3) is 0 Å². The van der Waals surface area contributed by atoms with Gasteiger partial charge in [-0.1, -0.05) is 0 Å². The third-order valence-corrected chi connectivity index (χ3v) is 1.53. The van der Waals surface area contributed by atoms with E-state index >= 15 is 0 Å². The van der Waals surface area contributed by atoms with Gasteiger partial charge in [0.25, 0.3) is 0 Å². The second kappa shape index (κ2) is 2.70. The van der Waals surface area contributed by atoms with Crippen LogP contribution in [0.1, 0.15) is 16.8 Å². The zero-order chi connectivity index (χ0) is 8.43. The number of nitrogens with one attached hydrogen (secondary N) is 1. The average molecular weight is 149 g/mol. The summed E-state index contributed by atoms with van der Waals surface area (Å²) in [6, 6.07) is 1.82. The van der Waals surface area contributed by atoms with Crippen LogP contribution in [-0.4, -0.2) is 10.8 Å². The van der Waals surface area contributed by atoms with E-state index in [9.17, 15) is 0 Å². The largest absolute Gasteiger partial charge is 0.384 e. The SMILES string of the molecule is Cc1cc(C(=N)N)c(C)cn1. The third-order valence-electron chi connectivity index (χ3n) is 1.53. The van der Waals surface area contributed by atoms with Crippen LogP contribution < -0.4 is 5.73 Å². The molecule has 1 aromatic heterocycles. The van der Waals surface area contributed by atoms with Gasteiger partial charge in [-0.25, -0.2) is 0 Å². The van der Waals surface area contributed by atoms with E-state index in [-0.39, 0.29) is 5.84 Å². The Morgan fingerprint density at radius 1 is 1.55 bits per heavy atom. The molecule has 0 fully saturated rings. The summed E-state index contributed by atoms with van der Waals surface area (Å²) in [5.41, 5.74) is 7.95. The molecule has 3 heteroatoms. The van der Waals surface area contributed by atoms with Crippen molar-refractivity contribution in [1.29, 1.82) is 5.41 Å². The van der Waals surface area contributed by atoms with Crippen LogP contribution in [0.3, 0.4) is 0 Å². The number of nitrogens with two attached hydrogens (primary N) is 1. The van der Waals surface area contributed by atoms with Gasteiger partial charge in [-0.2, -0.15) is 0 Å². The Morgan fingerprint density at radius 3 is 2.64 bits per heavy atom. The van der Waals surface area contributed by atoms with Crippen LogP contribution >= 0.6 is 0 Å². The maximum absolute atomic E-state index is 7.22. The number of aryl methyl sites for hydroxylation is 2.